The van der Waals surface area contributed by atoms with E-state index in [2.05, 4.69) is 20.1 Å². The van der Waals surface area contributed by atoms with Gasteiger partial charge in [0.15, 0.2) is 5.78 Å². The van der Waals surface area contributed by atoms with Crippen LogP contribution in [0.15, 0.2) is 69.9 Å². The maximum absolute atomic E-state index is 12.7. The topological polar surface area (TPSA) is 115 Å². The molecule has 28 heavy (non-hydrogen) atoms. The summed E-state index contributed by atoms with van der Waals surface area (Å²) in [6, 6.07) is 15.3. The van der Waals surface area contributed by atoms with Crippen LogP contribution in [0.1, 0.15) is 35.1 Å². The van der Waals surface area contributed by atoms with Gasteiger partial charge in [-0.3, -0.25) is 4.79 Å². The highest BCUT2D eigenvalue weighted by Crippen LogP contribution is 2.29. The van der Waals surface area contributed by atoms with Gasteiger partial charge in [-0.1, -0.05) is 58.8 Å². The summed E-state index contributed by atoms with van der Waals surface area (Å²) in [7, 11) is 0. The summed E-state index contributed by atoms with van der Waals surface area (Å²) in [5.41, 5.74) is 22.1. The molecular weight excluding hydrogens is 352 g/mol. The monoisotopic (exact) mass is 370 g/mol. The van der Waals surface area contributed by atoms with Crippen LogP contribution < -0.4 is 0 Å². The first-order valence-corrected chi connectivity index (χ1v) is 8.85. The Bertz CT molecular complexity index is 938. The number of Topliss-reactive ketones (excluding diaryl/α,β-unsaturated/α-hetero) is 1. The van der Waals surface area contributed by atoms with Crippen molar-refractivity contribution in [1.29, 1.82) is 0 Å². The molecule has 0 bridgehead atoms. The number of allylic oxidation sites excluding steroid dienone is 2. The van der Waals surface area contributed by atoms with Gasteiger partial charge in [-0.25, -0.2) is 0 Å². The lowest BCUT2D eigenvalue weighted by Crippen LogP contribution is -1.95. The van der Waals surface area contributed by atoms with Gasteiger partial charge in [0.25, 0.3) is 0 Å². The van der Waals surface area contributed by atoms with Crippen molar-refractivity contribution in [3.63, 3.8) is 0 Å². The minimum absolute atomic E-state index is 0.0799. The number of hydrogen-bond acceptors (Lipinski definition) is 3. The van der Waals surface area contributed by atoms with Crippen molar-refractivity contribution >= 4 is 17.9 Å². The standard InChI is InChI=1S/C21H18N6O/c22-26-24-13-17-5-1-15(2-6-17)11-19-9-10-20(21(19)28)12-16-3-7-18(8-4-16)14-25-27-23/h1-8,11-12H,9-10,13-14H2/b19-11+,20-12+. The molecule has 0 heterocycles. The van der Waals surface area contributed by atoms with Crippen LogP contribution in [0, 0.1) is 0 Å². The van der Waals surface area contributed by atoms with Crippen LogP contribution >= 0.6 is 0 Å². The lowest BCUT2D eigenvalue weighted by molar-refractivity contribution is -0.111. The second-order valence-electron chi connectivity index (χ2n) is 6.43. The van der Waals surface area contributed by atoms with Gasteiger partial charge < -0.3 is 0 Å². The van der Waals surface area contributed by atoms with Crippen LogP contribution in [0.4, 0.5) is 0 Å². The van der Waals surface area contributed by atoms with Gasteiger partial charge in [0.05, 0.1) is 13.1 Å². The molecule has 2 aromatic rings. The van der Waals surface area contributed by atoms with Gasteiger partial charge >= 0.3 is 0 Å². The molecule has 2 aromatic carbocycles. The quantitative estimate of drug-likeness (QED) is 0.258. The van der Waals surface area contributed by atoms with E-state index in [0.717, 1.165) is 46.2 Å². The third-order valence-electron chi connectivity index (χ3n) is 4.52. The number of ketones is 1. The highest BCUT2D eigenvalue weighted by molar-refractivity contribution is 6.15. The van der Waals surface area contributed by atoms with Crippen LogP contribution in [0.2, 0.25) is 0 Å². The molecule has 0 unspecified atom stereocenters. The zero-order chi connectivity index (χ0) is 19.8. The van der Waals surface area contributed by atoms with Crippen molar-refractivity contribution < 1.29 is 4.79 Å². The largest absolute Gasteiger partial charge is 0.289 e. The fourth-order valence-corrected chi connectivity index (χ4v) is 3.05. The number of nitrogens with zero attached hydrogens (tertiary/aromatic N) is 6. The van der Waals surface area contributed by atoms with Crippen LogP contribution in [0.25, 0.3) is 33.0 Å². The Balaban J connectivity index is 1.71. The Morgan fingerprint density at radius 2 is 1.14 bits per heavy atom. The Hall–Kier alpha value is -3.79. The smallest absolute Gasteiger partial charge is 0.185 e. The molecular formula is C21H18N6O. The second-order valence-corrected chi connectivity index (χ2v) is 6.43. The summed E-state index contributed by atoms with van der Waals surface area (Å²) in [5, 5.41) is 7.08. The Morgan fingerprint density at radius 3 is 1.50 bits per heavy atom. The van der Waals surface area contributed by atoms with Gasteiger partial charge in [-0.05, 0) is 58.3 Å². The van der Waals surface area contributed by atoms with Gasteiger partial charge in [-0.2, -0.15) is 0 Å². The fourth-order valence-electron chi connectivity index (χ4n) is 3.05. The van der Waals surface area contributed by atoms with Crippen molar-refractivity contribution in [1.82, 2.24) is 0 Å². The van der Waals surface area contributed by atoms with Crippen molar-refractivity contribution in [2.45, 2.75) is 25.9 Å². The van der Waals surface area contributed by atoms with Crippen LogP contribution in [-0.4, -0.2) is 5.78 Å². The van der Waals surface area contributed by atoms with E-state index in [0.29, 0.717) is 13.1 Å². The molecule has 0 saturated heterocycles. The van der Waals surface area contributed by atoms with Gasteiger partial charge in [0, 0.05) is 21.0 Å². The molecule has 1 aliphatic rings. The van der Waals surface area contributed by atoms with E-state index >= 15 is 0 Å². The molecule has 3 rings (SSSR count). The Labute approximate surface area is 162 Å². The van der Waals surface area contributed by atoms with E-state index in [9.17, 15) is 4.79 Å². The zero-order valence-electron chi connectivity index (χ0n) is 15.2. The minimum atomic E-state index is 0.0799. The Kier molecular flexibility index (Phi) is 6.26. The minimum Gasteiger partial charge on any atom is -0.289 e. The van der Waals surface area contributed by atoms with Crippen LogP contribution in [0.3, 0.4) is 0 Å². The van der Waals surface area contributed by atoms with E-state index < -0.39 is 0 Å². The summed E-state index contributed by atoms with van der Waals surface area (Å²) < 4.78 is 0. The van der Waals surface area contributed by atoms with E-state index in [1.54, 1.807) is 0 Å². The molecule has 138 valence electrons. The first kappa shape index (κ1) is 19.0. The van der Waals surface area contributed by atoms with Crippen LogP contribution in [-0.2, 0) is 17.9 Å². The van der Waals surface area contributed by atoms with Crippen molar-refractivity contribution in [3.05, 3.63) is 103 Å². The summed E-state index contributed by atoms with van der Waals surface area (Å²) in [5.74, 6) is 0.0799. The first-order valence-electron chi connectivity index (χ1n) is 8.85. The molecule has 0 aliphatic heterocycles. The summed E-state index contributed by atoms with van der Waals surface area (Å²) in [6.07, 6.45) is 5.28. The number of carbonyl (C=O) groups excluding carboxylic acids is 1. The molecule has 0 N–H and O–H groups in total. The van der Waals surface area contributed by atoms with E-state index in [-0.39, 0.29) is 5.78 Å². The lowest BCUT2D eigenvalue weighted by atomic mass is 10.0. The van der Waals surface area contributed by atoms with Crippen molar-refractivity contribution in [2.75, 3.05) is 0 Å². The second kappa shape index (κ2) is 9.24. The van der Waals surface area contributed by atoms with E-state index in [1.807, 2.05) is 60.7 Å². The fraction of sp³-hybridized carbons (Fsp3) is 0.190. The normalized spacial score (nSPS) is 16.1. The molecule has 0 aromatic heterocycles. The van der Waals surface area contributed by atoms with Crippen molar-refractivity contribution in [3.8, 4) is 0 Å². The van der Waals surface area contributed by atoms with Gasteiger partial charge in [-0.15, -0.1) is 0 Å². The molecule has 0 amide bonds. The predicted molar refractivity (Wildman–Crippen MR) is 109 cm³/mol. The SMILES string of the molecule is [N-]=[N+]=NCc1ccc(/C=C2\CC/C(=C\c3ccc(CN=[N+]=[N-])cc3)C2=O)cc1. The summed E-state index contributed by atoms with van der Waals surface area (Å²) >= 11 is 0. The molecule has 1 saturated carbocycles. The number of azide groups is 2. The highest BCUT2D eigenvalue weighted by atomic mass is 16.1. The average Bonchev–Trinajstić information content (AvgIpc) is 3.06. The molecule has 7 heteroatoms. The summed E-state index contributed by atoms with van der Waals surface area (Å²) in [6.45, 7) is 0.641. The molecule has 0 atom stereocenters. The molecule has 1 aliphatic carbocycles. The number of carbonyl (C=O) groups is 1. The third kappa shape index (κ3) is 4.89. The van der Waals surface area contributed by atoms with E-state index in [1.165, 1.54) is 0 Å². The predicted octanol–water partition coefficient (Wildman–Crippen LogP) is 6.14. The molecule has 0 radical (unpaired) electrons. The maximum atomic E-state index is 12.7. The van der Waals surface area contributed by atoms with Crippen molar-refractivity contribution in [2.24, 2.45) is 10.2 Å². The number of rotatable bonds is 6. The third-order valence-corrected chi connectivity index (χ3v) is 4.52. The average molecular weight is 370 g/mol. The van der Waals surface area contributed by atoms with Gasteiger partial charge in [0.1, 0.15) is 0 Å². The zero-order valence-corrected chi connectivity index (χ0v) is 15.2. The maximum Gasteiger partial charge on any atom is 0.185 e. The van der Waals surface area contributed by atoms with Crippen LogP contribution in [0.5, 0.6) is 0 Å². The highest BCUT2D eigenvalue weighted by Gasteiger charge is 2.22. The van der Waals surface area contributed by atoms with Gasteiger partial charge in [0.2, 0.25) is 0 Å². The molecule has 7 nitrogen and oxygen atoms in total. The van der Waals surface area contributed by atoms with E-state index in [4.69, 9.17) is 11.1 Å². The Morgan fingerprint density at radius 1 is 0.750 bits per heavy atom. The lowest BCUT2D eigenvalue weighted by Gasteiger charge is -2.00. The first-order chi connectivity index (χ1) is 13.7. The molecule has 1 fully saturated rings. The molecule has 0 spiro atoms. The number of hydrogen-bond donors (Lipinski definition) is 0. The number of benzene rings is 2. The summed E-state index contributed by atoms with van der Waals surface area (Å²) in [4.78, 5) is 18.2.